The molecule has 0 saturated carbocycles. The molecule has 0 saturated heterocycles. The summed E-state index contributed by atoms with van der Waals surface area (Å²) in [6, 6.07) is 9.00. The molecule has 1 aromatic heterocycles. The molecule has 1 heterocycles. The maximum Gasteiger partial charge on any atom is 0.416 e. The van der Waals surface area contributed by atoms with Crippen LogP contribution in [-0.2, 0) is 12.7 Å². The highest BCUT2D eigenvalue weighted by molar-refractivity contribution is 7.07. The van der Waals surface area contributed by atoms with E-state index >= 15 is 0 Å². The molecule has 0 aliphatic carbocycles. The van der Waals surface area contributed by atoms with Crippen LogP contribution in [0.2, 0.25) is 10.0 Å². The van der Waals surface area contributed by atoms with Crippen LogP contribution in [0.15, 0.2) is 52.8 Å². The Hall–Kier alpha value is -2.29. The van der Waals surface area contributed by atoms with Crippen LogP contribution in [-0.4, -0.2) is 10.6 Å². The van der Waals surface area contributed by atoms with Gasteiger partial charge in [0.2, 0.25) is 0 Å². The van der Waals surface area contributed by atoms with Gasteiger partial charge in [-0.15, -0.1) is 11.3 Å². The Labute approximate surface area is 178 Å². The molecule has 0 bridgehead atoms. The van der Waals surface area contributed by atoms with Crippen molar-refractivity contribution in [2.45, 2.75) is 19.6 Å². The normalized spacial score (nSPS) is 12.3. The second-order valence-electron chi connectivity index (χ2n) is 6.09. The Balaban J connectivity index is 1.82. The molecule has 2 amide bonds. The van der Waals surface area contributed by atoms with Crippen molar-refractivity contribution >= 4 is 40.6 Å². The highest BCUT2D eigenvalue weighted by atomic mass is 35.5. The van der Waals surface area contributed by atoms with Crippen LogP contribution in [0.3, 0.4) is 0 Å². The number of nitrogens with zero attached hydrogens (tertiary/aromatic N) is 2. The summed E-state index contributed by atoms with van der Waals surface area (Å²) in [5.41, 5.74) is 1.18. The molecule has 0 atom stereocenters. The molecule has 3 aromatic rings. The van der Waals surface area contributed by atoms with E-state index in [0.717, 1.165) is 17.8 Å². The lowest BCUT2D eigenvalue weighted by molar-refractivity contribution is -0.137. The average molecular weight is 460 g/mol. The quantitative estimate of drug-likeness (QED) is 0.514. The predicted octanol–water partition coefficient (Wildman–Crippen LogP) is 5.98. The second kappa shape index (κ2) is 8.61. The van der Waals surface area contributed by atoms with Crippen molar-refractivity contribution in [3.63, 3.8) is 0 Å². The Morgan fingerprint density at radius 3 is 2.34 bits per heavy atom. The third-order valence-electron chi connectivity index (χ3n) is 3.89. The number of carbonyl (C=O) groups is 1. The first-order chi connectivity index (χ1) is 13.6. The Morgan fingerprint density at radius 1 is 1.14 bits per heavy atom. The van der Waals surface area contributed by atoms with Crippen molar-refractivity contribution in [3.8, 4) is 5.69 Å². The maximum absolute atomic E-state index is 12.8. The van der Waals surface area contributed by atoms with Gasteiger partial charge in [-0.05, 0) is 55.0 Å². The van der Waals surface area contributed by atoms with Crippen molar-refractivity contribution in [2.75, 3.05) is 0 Å². The number of hydrogen-bond donors (Lipinski definition) is 1. The van der Waals surface area contributed by atoms with Crippen LogP contribution < -0.4 is 10.1 Å². The van der Waals surface area contributed by atoms with Gasteiger partial charge in [-0.1, -0.05) is 23.2 Å². The fourth-order valence-electron chi connectivity index (χ4n) is 2.60. The van der Waals surface area contributed by atoms with Gasteiger partial charge >= 0.3 is 12.2 Å². The number of aromatic nitrogens is 1. The molecule has 29 heavy (non-hydrogen) atoms. The van der Waals surface area contributed by atoms with Crippen molar-refractivity contribution in [3.05, 3.63) is 79.5 Å². The van der Waals surface area contributed by atoms with Gasteiger partial charge in [0, 0.05) is 33.4 Å². The summed E-state index contributed by atoms with van der Waals surface area (Å²) >= 11 is 13.1. The highest BCUT2D eigenvalue weighted by Gasteiger charge is 2.30. The lowest BCUT2D eigenvalue weighted by Gasteiger charge is -2.09. The number of nitrogens with one attached hydrogen (secondary N) is 1. The third kappa shape index (κ3) is 5.41. The number of thiazole rings is 1. The van der Waals surface area contributed by atoms with Crippen molar-refractivity contribution < 1.29 is 18.0 Å². The molecule has 0 unspecified atom stereocenters. The van der Waals surface area contributed by atoms with E-state index in [1.807, 2.05) is 0 Å². The van der Waals surface area contributed by atoms with Gasteiger partial charge in [-0.25, -0.2) is 4.79 Å². The van der Waals surface area contributed by atoms with Crippen LogP contribution in [0, 0.1) is 6.92 Å². The van der Waals surface area contributed by atoms with Gasteiger partial charge in [0.15, 0.2) is 4.80 Å². The second-order valence-corrected chi connectivity index (χ2v) is 7.80. The number of urea groups is 1. The summed E-state index contributed by atoms with van der Waals surface area (Å²) in [7, 11) is 0. The predicted molar refractivity (Wildman–Crippen MR) is 108 cm³/mol. The van der Waals surface area contributed by atoms with E-state index in [9.17, 15) is 18.0 Å². The monoisotopic (exact) mass is 459 g/mol. The Bertz CT molecular complexity index is 1080. The number of benzene rings is 2. The number of alkyl halides is 3. The van der Waals surface area contributed by atoms with Crippen LogP contribution in [0.1, 0.15) is 16.8 Å². The average Bonchev–Trinajstić information content (AvgIpc) is 2.99. The lowest BCUT2D eigenvalue weighted by Crippen LogP contribution is -2.24. The van der Waals surface area contributed by atoms with Crippen LogP contribution in [0.4, 0.5) is 18.0 Å². The summed E-state index contributed by atoms with van der Waals surface area (Å²) in [4.78, 5) is 16.6. The van der Waals surface area contributed by atoms with Gasteiger partial charge in [-0.2, -0.15) is 18.2 Å². The summed E-state index contributed by atoms with van der Waals surface area (Å²) in [6.07, 6.45) is -4.41. The van der Waals surface area contributed by atoms with Gasteiger partial charge in [0.05, 0.1) is 5.56 Å². The largest absolute Gasteiger partial charge is 0.416 e. The van der Waals surface area contributed by atoms with Crippen LogP contribution in [0.5, 0.6) is 0 Å². The zero-order valence-electron chi connectivity index (χ0n) is 14.9. The molecule has 0 radical (unpaired) electrons. The molecule has 3 rings (SSSR count). The van der Waals surface area contributed by atoms with Gasteiger partial charge in [0.25, 0.3) is 0 Å². The van der Waals surface area contributed by atoms with Crippen molar-refractivity contribution in [1.29, 1.82) is 0 Å². The summed E-state index contributed by atoms with van der Waals surface area (Å²) in [6.45, 7) is 1.95. The minimum absolute atomic E-state index is 0.174. The number of hydrogen-bond acceptors (Lipinski definition) is 2. The summed E-state index contributed by atoms with van der Waals surface area (Å²) in [5, 5.41) is 5.31. The number of carbonyl (C=O) groups excluding carboxylic acids is 1. The summed E-state index contributed by atoms with van der Waals surface area (Å²) < 4.78 is 39.9. The van der Waals surface area contributed by atoms with Crippen molar-refractivity contribution in [1.82, 2.24) is 9.88 Å². The molecule has 0 aliphatic heterocycles. The first-order valence-electron chi connectivity index (χ1n) is 8.26. The molecule has 1 N–H and O–H groups in total. The van der Waals surface area contributed by atoms with Gasteiger partial charge in [-0.3, -0.25) is 4.57 Å². The fourth-order valence-corrected chi connectivity index (χ4v) is 4.04. The van der Waals surface area contributed by atoms with E-state index in [0.29, 0.717) is 26.1 Å². The zero-order chi connectivity index (χ0) is 21.2. The molecular formula is C19H14Cl2F3N3OS. The van der Waals surface area contributed by atoms with E-state index in [-0.39, 0.29) is 6.54 Å². The van der Waals surface area contributed by atoms with Gasteiger partial charge < -0.3 is 5.32 Å². The maximum atomic E-state index is 12.8. The standard InChI is InChI=1S/C19H14Cl2F3N3OS/c1-11-10-29-18(27(11)16-4-2-13(3-5-16)19(22,23)24)26-17(28)25-9-12-6-14(20)8-15(21)7-12/h2-8,10H,9H2,1H3,(H,25,28)/b26-18-. The van der Waals surface area contributed by atoms with Gasteiger partial charge in [0.1, 0.15) is 0 Å². The Kier molecular flexibility index (Phi) is 6.36. The van der Waals surface area contributed by atoms with Crippen LogP contribution in [0.25, 0.3) is 5.69 Å². The van der Waals surface area contributed by atoms with E-state index in [1.165, 1.54) is 23.5 Å². The van der Waals surface area contributed by atoms with E-state index < -0.39 is 17.8 Å². The van der Waals surface area contributed by atoms with Crippen LogP contribution >= 0.6 is 34.5 Å². The molecule has 0 aliphatic rings. The van der Waals surface area contributed by atoms with E-state index in [1.54, 1.807) is 35.1 Å². The minimum Gasteiger partial charge on any atom is -0.332 e. The molecular weight excluding hydrogens is 446 g/mol. The smallest absolute Gasteiger partial charge is 0.332 e. The number of amides is 2. The number of halogens is 5. The fraction of sp³-hybridized carbons (Fsp3) is 0.158. The molecule has 0 spiro atoms. The zero-order valence-corrected chi connectivity index (χ0v) is 17.3. The molecule has 2 aromatic carbocycles. The molecule has 0 fully saturated rings. The lowest BCUT2D eigenvalue weighted by atomic mass is 10.2. The topological polar surface area (TPSA) is 46.4 Å². The first kappa shape index (κ1) is 21.4. The number of aryl methyl sites for hydroxylation is 1. The summed E-state index contributed by atoms with van der Waals surface area (Å²) in [5.74, 6) is 0. The molecule has 10 heteroatoms. The SMILES string of the molecule is Cc1cs/c(=N\C(=O)NCc2cc(Cl)cc(Cl)c2)n1-c1ccc(C(F)(F)F)cc1. The Morgan fingerprint density at radius 2 is 1.76 bits per heavy atom. The van der Waals surface area contributed by atoms with Crippen molar-refractivity contribution in [2.24, 2.45) is 4.99 Å². The minimum atomic E-state index is -4.41. The third-order valence-corrected chi connectivity index (χ3v) is 5.28. The van der Waals surface area contributed by atoms with E-state index in [4.69, 9.17) is 23.2 Å². The number of rotatable bonds is 3. The van der Waals surface area contributed by atoms with E-state index in [2.05, 4.69) is 10.3 Å². The molecule has 4 nitrogen and oxygen atoms in total. The first-order valence-corrected chi connectivity index (χ1v) is 9.89. The molecule has 152 valence electrons. The highest BCUT2D eigenvalue weighted by Crippen LogP contribution is 2.29.